The molecule has 14 heavy (non-hydrogen) atoms. The molecule has 1 rings (SSSR count). The van der Waals surface area contributed by atoms with Crippen molar-refractivity contribution >= 4 is 5.97 Å². The molecule has 0 aliphatic heterocycles. The molecule has 1 N–H and O–H groups in total. The van der Waals surface area contributed by atoms with Gasteiger partial charge in [0.1, 0.15) is 5.56 Å². The maximum Gasteiger partial charge on any atom is 0.341 e. The van der Waals surface area contributed by atoms with Gasteiger partial charge in [-0.2, -0.15) is 0 Å². The molecule has 0 aliphatic carbocycles. The summed E-state index contributed by atoms with van der Waals surface area (Å²) >= 11 is 0. The van der Waals surface area contributed by atoms with E-state index in [-0.39, 0.29) is 25.5 Å². The molecule has 1 aromatic rings. The van der Waals surface area contributed by atoms with Crippen molar-refractivity contribution in [2.75, 3.05) is 0 Å². The summed E-state index contributed by atoms with van der Waals surface area (Å²) in [6.45, 7) is 0. The average molecular weight is 259 g/mol. The Morgan fingerprint density at radius 3 is 1.71 bits per heavy atom. The average Bonchev–Trinajstić information content (AvgIpc) is 2.01. The predicted octanol–water partition coefficient (Wildman–Crippen LogP) is 1.94. The van der Waals surface area contributed by atoms with Crippen LogP contribution in [0.2, 0.25) is 0 Å². The summed E-state index contributed by atoms with van der Waals surface area (Å²) in [5.74, 6) is -9.36. The molecule has 0 atom stereocenters. The van der Waals surface area contributed by atoms with Gasteiger partial charge in [0.25, 0.3) is 0 Å². The fourth-order valence-electron chi connectivity index (χ4n) is 0.761. The molecule has 72 valence electrons. The van der Waals surface area contributed by atoms with Gasteiger partial charge in [0.2, 0.25) is 0 Å². The minimum absolute atomic E-state index is 0. The third-order valence-corrected chi connectivity index (χ3v) is 1.33. The molecule has 0 aliphatic rings. The molecule has 1 aromatic carbocycles. The monoisotopic (exact) mass is 258 g/mol. The van der Waals surface area contributed by atoms with Crippen LogP contribution in [0.5, 0.6) is 0 Å². The molecule has 0 saturated carbocycles. The number of carboxylic acid groups (broad SMARTS) is 1. The van der Waals surface area contributed by atoms with E-state index in [1.165, 1.54) is 0 Å². The number of aromatic carboxylic acids is 1. The van der Waals surface area contributed by atoms with Gasteiger partial charge >= 0.3 is 5.97 Å². The number of rotatable bonds is 1. The van der Waals surface area contributed by atoms with Crippen LogP contribution in [-0.2, 0) is 19.5 Å². The number of hydrogen-bond donors (Lipinski definition) is 1. The molecular weight excluding hydrogens is 257 g/mol. The van der Waals surface area contributed by atoms with E-state index < -0.39 is 34.8 Å². The number of carbonyl (C=O) groups is 1. The van der Waals surface area contributed by atoms with E-state index in [0.29, 0.717) is 0 Å². The summed E-state index contributed by atoms with van der Waals surface area (Å²) in [4.78, 5) is 10.1. The standard InChI is InChI=1S/C7H2F4O2.Zn/c8-2-1-3(9)6(11)4(5(2)10)7(12)13;/h1H,(H,12,13);. The van der Waals surface area contributed by atoms with E-state index in [0.717, 1.165) is 0 Å². The van der Waals surface area contributed by atoms with Crippen molar-refractivity contribution in [1.29, 1.82) is 0 Å². The van der Waals surface area contributed by atoms with Crippen LogP contribution >= 0.6 is 0 Å². The molecule has 0 bridgehead atoms. The quantitative estimate of drug-likeness (QED) is 0.475. The summed E-state index contributed by atoms with van der Waals surface area (Å²) in [5, 5.41) is 8.18. The van der Waals surface area contributed by atoms with E-state index in [1.54, 1.807) is 0 Å². The number of hydrogen-bond acceptors (Lipinski definition) is 1. The van der Waals surface area contributed by atoms with Crippen molar-refractivity contribution in [1.82, 2.24) is 0 Å². The molecule has 0 fully saturated rings. The van der Waals surface area contributed by atoms with Crippen LogP contribution < -0.4 is 0 Å². The third-order valence-electron chi connectivity index (χ3n) is 1.33. The molecule has 7 heteroatoms. The zero-order chi connectivity index (χ0) is 10.2. The fourth-order valence-corrected chi connectivity index (χ4v) is 0.761. The van der Waals surface area contributed by atoms with Crippen molar-refractivity contribution < 1.29 is 46.9 Å². The number of benzene rings is 1. The second kappa shape index (κ2) is 4.50. The van der Waals surface area contributed by atoms with E-state index in [4.69, 9.17) is 5.11 Å². The summed E-state index contributed by atoms with van der Waals surface area (Å²) < 4.78 is 49.7. The van der Waals surface area contributed by atoms with Crippen LogP contribution in [0.15, 0.2) is 6.07 Å². The predicted molar refractivity (Wildman–Crippen MR) is 33.2 cm³/mol. The minimum Gasteiger partial charge on any atom is -0.477 e. The van der Waals surface area contributed by atoms with Crippen LogP contribution in [0.4, 0.5) is 17.6 Å². The first-order chi connectivity index (χ1) is 5.95. The largest absolute Gasteiger partial charge is 0.477 e. The van der Waals surface area contributed by atoms with Crippen LogP contribution in [0, 0.1) is 23.3 Å². The van der Waals surface area contributed by atoms with Crippen LogP contribution in [0.3, 0.4) is 0 Å². The zero-order valence-electron chi connectivity index (χ0n) is 6.65. The van der Waals surface area contributed by atoms with Crippen LogP contribution in [-0.4, -0.2) is 11.1 Å². The van der Waals surface area contributed by atoms with E-state index in [1.807, 2.05) is 0 Å². The first kappa shape index (κ1) is 13.0. The first-order valence-electron chi connectivity index (χ1n) is 3.01. The Bertz CT molecular complexity index is 354. The Morgan fingerprint density at radius 1 is 1.07 bits per heavy atom. The second-order valence-corrected chi connectivity index (χ2v) is 2.15. The van der Waals surface area contributed by atoms with Crippen molar-refractivity contribution in [2.24, 2.45) is 0 Å². The van der Waals surface area contributed by atoms with E-state index in [9.17, 15) is 22.4 Å². The van der Waals surface area contributed by atoms with Gasteiger partial charge in [-0.1, -0.05) is 0 Å². The third kappa shape index (κ3) is 2.09. The molecule has 0 amide bonds. The Hall–Kier alpha value is -0.967. The summed E-state index contributed by atoms with van der Waals surface area (Å²) in [5.41, 5.74) is -1.63. The van der Waals surface area contributed by atoms with E-state index in [2.05, 4.69) is 0 Å². The van der Waals surface area contributed by atoms with Crippen molar-refractivity contribution in [3.63, 3.8) is 0 Å². The molecule has 2 nitrogen and oxygen atoms in total. The van der Waals surface area contributed by atoms with Gasteiger partial charge in [-0.25, -0.2) is 22.4 Å². The minimum atomic E-state index is -2.06. The van der Waals surface area contributed by atoms with Gasteiger partial charge in [-0.15, -0.1) is 0 Å². The molecule has 0 unspecified atom stereocenters. The fraction of sp³-hybridized carbons (Fsp3) is 0. The zero-order valence-corrected chi connectivity index (χ0v) is 9.62. The molecule has 0 heterocycles. The maximum absolute atomic E-state index is 12.5. The van der Waals surface area contributed by atoms with Gasteiger partial charge in [0, 0.05) is 25.5 Å². The van der Waals surface area contributed by atoms with Gasteiger partial charge in [0.15, 0.2) is 23.3 Å². The van der Waals surface area contributed by atoms with Crippen LogP contribution in [0.25, 0.3) is 0 Å². The molecule has 0 radical (unpaired) electrons. The van der Waals surface area contributed by atoms with Crippen LogP contribution in [0.1, 0.15) is 10.4 Å². The molecular formula is C7H2F4O2Zn. The van der Waals surface area contributed by atoms with E-state index >= 15 is 0 Å². The van der Waals surface area contributed by atoms with Crippen molar-refractivity contribution in [2.45, 2.75) is 0 Å². The van der Waals surface area contributed by atoms with Gasteiger partial charge in [-0.3, -0.25) is 0 Å². The van der Waals surface area contributed by atoms with Gasteiger partial charge < -0.3 is 5.11 Å². The van der Waals surface area contributed by atoms with Gasteiger partial charge in [0.05, 0.1) is 0 Å². The first-order valence-corrected chi connectivity index (χ1v) is 3.01. The van der Waals surface area contributed by atoms with Crippen molar-refractivity contribution in [3.05, 3.63) is 34.9 Å². The number of carboxylic acids is 1. The Morgan fingerprint density at radius 2 is 1.43 bits per heavy atom. The summed E-state index contributed by atoms with van der Waals surface area (Å²) in [6.07, 6.45) is 0. The smallest absolute Gasteiger partial charge is 0.341 e. The number of halogens is 4. The topological polar surface area (TPSA) is 37.3 Å². The molecule has 0 spiro atoms. The summed E-state index contributed by atoms with van der Waals surface area (Å²) in [7, 11) is 0. The Balaban J connectivity index is 0.00000169. The summed E-state index contributed by atoms with van der Waals surface area (Å²) in [6, 6.07) is -0.0584. The van der Waals surface area contributed by atoms with Gasteiger partial charge in [-0.05, 0) is 0 Å². The Kier molecular flexibility index (Phi) is 4.19. The molecule has 0 saturated heterocycles. The van der Waals surface area contributed by atoms with Crippen molar-refractivity contribution in [3.8, 4) is 0 Å². The molecule has 0 aromatic heterocycles. The normalized spacial score (nSPS) is 9.43. The maximum atomic E-state index is 12.5. The Labute approximate surface area is 88.3 Å². The SMILES string of the molecule is O=C(O)c1c(F)c(F)cc(F)c1F.[Zn]. The second-order valence-electron chi connectivity index (χ2n) is 2.15.